The lowest BCUT2D eigenvalue weighted by Crippen LogP contribution is -2.02. The normalized spacial score (nSPS) is 10.8. The van der Waals surface area contributed by atoms with Gasteiger partial charge in [0.2, 0.25) is 0 Å². The van der Waals surface area contributed by atoms with Crippen LogP contribution in [0.1, 0.15) is 31.3 Å². The molecule has 0 saturated heterocycles. The summed E-state index contributed by atoms with van der Waals surface area (Å²) in [4.78, 5) is 7.54. The maximum absolute atomic E-state index is 13.0. The first-order valence-electron chi connectivity index (χ1n) is 6.52. The second-order valence-corrected chi connectivity index (χ2v) is 6.05. The lowest BCUT2D eigenvalue weighted by molar-refractivity contribution is 0.627. The molecule has 0 radical (unpaired) electrons. The summed E-state index contributed by atoms with van der Waals surface area (Å²) in [5.74, 6) is 0.684. The van der Waals surface area contributed by atoms with Crippen LogP contribution in [-0.2, 0) is 13.0 Å². The zero-order valence-corrected chi connectivity index (χ0v) is 14.1. The average Bonchev–Trinajstić information content (AvgIpc) is 2.76. The molecule has 2 aromatic rings. The molecule has 0 bridgehead atoms. The van der Waals surface area contributed by atoms with Gasteiger partial charge in [0, 0.05) is 15.7 Å². The molecule has 6 heteroatoms. The van der Waals surface area contributed by atoms with Gasteiger partial charge in [0.15, 0.2) is 5.15 Å². The average molecular weight is 408 g/mol. The zero-order valence-electron chi connectivity index (χ0n) is 11.1. The maximum atomic E-state index is 13.0. The van der Waals surface area contributed by atoms with Crippen LogP contribution < -0.4 is 5.32 Å². The SMILES string of the molecule is CCCCc1nc(Cl)c(CNc2ccc(F)cc2I)[nH]1. The summed E-state index contributed by atoms with van der Waals surface area (Å²) in [6, 6.07) is 4.65. The molecule has 3 nitrogen and oxygen atoms in total. The molecule has 0 unspecified atom stereocenters. The van der Waals surface area contributed by atoms with Crippen LogP contribution in [0.15, 0.2) is 18.2 Å². The molecule has 0 aliphatic heterocycles. The van der Waals surface area contributed by atoms with Crippen LogP contribution in [0.4, 0.5) is 10.1 Å². The van der Waals surface area contributed by atoms with Gasteiger partial charge in [0.1, 0.15) is 11.6 Å². The van der Waals surface area contributed by atoms with Crippen molar-refractivity contribution in [1.82, 2.24) is 9.97 Å². The number of nitrogens with zero attached hydrogens (tertiary/aromatic N) is 1. The van der Waals surface area contributed by atoms with Crippen LogP contribution in [0.2, 0.25) is 5.15 Å². The minimum absolute atomic E-state index is 0.235. The van der Waals surface area contributed by atoms with E-state index in [1.165, 1.54) is 12.1 Å². The fourth-order valence-electron chi connectivity index (χ4n) is 1.84. The monoisotopic (exact) mass is 407 g/mol. The number of H-pyrrole nitrogens is 1. The smallest absolute Gasteiger partial charge is 0.152 e. The third kappa shape index (κ3) is 4.09. The topological polar surface area (TPSA) is 40.7 Å². The van der Waals surface area contributed by atoms with Gasteiger partial charge in [-0.05, 0) is 47.2 Å². The highest BCUT2D eigenvalue weighted by atomic mass is 127. The molecule has 1 aromatic carbocycles. The van der Waals surface area contributed by atoms with Gasteiger partial charge in [0.05, 0.1) is 12.2 Å². The molecule has 20 heavy (non-hydrogen) atoms. The Kier molecular flexibility index (Phi) is 5.65. The van der Waals surface area contributed by atoms with Gasteiger partial charge in [-0.1, -0.05) is 24.9 Å². The summed E-state index contributed by atoms with van der Waals surface area (Å²) >= 11 is 8.21. The van der Waals surface area contributed by atoms with E-state index in [1.54, 1.807) is 6.07 Å². The van der Waals surface area contributed by atoms with E-state index in [2.05, 4.69) is 44.8 Å². The quantitative estimate of drug-likeness (QED) is 0.678. The van der Waals surface area contributed by atoms with Gasteiger partial charge < -0.3 is 10.3 Å². The molecule has 0 aliphatic carbocycles. The van der Waals surface area contributed by atoms with E-state index in [-0.39, 0.29) is 5.82 Å². The molecule has 0 atom stereocenters. The van der Waals surface area contributed by atoms with Crippen molar-refractivity contribution in [2.24, 2.45) is 0 Å². The van der Waals surface area contributed by atoms with E-state index in [1.807, 2.05) is 0 Å². The van der Waals surface area contributed by atoms with Crippen LogP contribution >= 0.6 is 34.2 Å². The lowest BCUT2D eigenvalue weighted by Gasteiger charge is -2.07. The molecule has 0 fully saturated rings. The Balaban J connectivity index is 2.01. The van der Waals surface area contributed by atoms with Crippen LogP contribution in [0.5, 0.6) is 0 Å². The van der Waals surface area contributed by atoms with Crippen molar-refractivity contribution in [2.75, 3.05) is 5.32 Å². The number of anilines is 1. The fourth-order valence-corrected chi connectivity index (χ4v) is 2.72. The molecule has 0 saturated carbocycles. The number of benzene rings is 1. The first kappa shape index (κ1) is 15.6. The van der Waals surface area contributed by atoms with Crippen molar-refractivity contribution in [1.29, 1.82) is 0 Å². The highest BCUT2D eigenvalue weighted by Crippen LogP contribution is 2.21. The number of halogens is 3. The van der Waals surface area contributed by atoms with Crippen LogP contribution in [0.3, 0.4) is 0 Å². The van der Waals surface area contributed by atoms with Gasteiger partial charge in [-0.25, -0.2) is 9.37 Å². The molecule has 1 heterocycles. The highest BCUT2D eigenvalue weighted by molar-refractivity contribution is 14.1. The molecule has 2 rings (SSSR count). The maximum Gasteiger partial charge on any atom is 0.152 e. The summed E-state index contributed by atoms with van der Waals surface area (Å²) in [6.45, 7) is 2.68. The number of hydrogen-bond acceptors (Lipinski definition) is 2. The highest BCUT2D eigenvalue weighted by Gasteiger charge is 2.08. The number of imidazole rings is 1. The van der Waals surface area contributed by atoms with E-state index in [0.717, 1.165) is 40.0 Å². The molecule has 108 valence electrons. The Bertz CT molecular complexity index is 586. The number of rotatable bonds is 6. The summed E-state index contributed by atoms with van der Waals surface area (Å²) < 4.78 is 13.9. The fraction of sp³-hybridized carbons (Fsp3) is 0.357. The summed E-state index contributed by atoms with van der Waals surface area (Å²) in [5, 5.41) is 3.74. The van der Waals surface area contributed by atoms with E-state index in [9.17, 15) is 4.39 Å². The second kappa shape index (κ2) is 7.26. The van der Waals surface area contributed by atoms with Gasteiger partial charge in [-0.15, -0.1) is 0 Å². The van der Waals surface area contributed by atoms with Crippen molar-refractivity contribution in [2.45, 2.75) is 32.7 Å². The van der Waals surface area contributed by atoms with Crippen LogP contribution in [0.25, 0.3) is 0 Å². The first-order chi connectivity index (χ1) is 9.60. The molecule has 1 aromatic heterocycles. The molecule has 0 amide bonds. The standard InChI is InChI=1S/C14H16ClFIN3/c1-2-3-4-13-19-12(14(15)20-13)8-18-11-6-5-9(16)7-10(11)17/h5-7,18H,2-4,8H2,1H3,(H,19,20). The summed E-state index contributed by atoms with van der Waals surface area (Å²) in [7, 11) is 0. The van der Waals surface area contributed by atoms with E-state index in [0.29, 0.717) is 11.7 Å². The largest absolute Gasteiger partial charge is 0.378 e. The van der Waals surface area contributed by atoms with E-state index >= 15 is 0 Å². The van der Waals surface area contributed by atoms with Crippen molar-refractivity contribution >= 4 is 39.9 Å². The second-order valence-electron chi connectivity index (χ2n) is 4.53. The summed E-state index contributed by atoms with van der Waals surface area (Å²) in [6.07, 6.45) is 3.12. The van der Waals surface area contributed by atoms with Crippen molar-refractivity contribution < 1.29 is 4.39 Å². The Morgan fingerprint density at radius 1 is 1.45 bits per heavy atom. The Morgan fingerprint density at radius 2 is 2.25 bits per heavy atom. The third-order valence-corrected chi connectivity index (χ3v) is 4.14. The Labute approximate surface area is 136 Å². The predicted molar refractivity (Wildman–Crippen MR) is 88.7 cm³/mol. The lowest BCUT2D eigenvalue weighted by atomic mass is 10.2. The van der Waals surface area contributed by atoms with Crippen LogP contribution in [0, 0.1) is 9.39 Å². The molecular formula is C14H16ClFIN3. The number of aromatic nitrogens is 2. The number of unbranched alkanes of at least 4 members (excludes halogenated alkanes) is 1. The minimum atomic E-state index is -0.235. The minimum Gasteiger partial charge on any atom is -0.378 e. The van der Waals surface area contributed by atoms with E-state index < -0.39 is 0 Å². The number of aromatic amines is 1. The number of hydrogen-bond donors (Lipinski definition) is 2. The van der Waals surface area contributed by atoms with Gasteiger partial charge >= 0.3 is 0 Å². The first-order valence-corrected chi connectivity index (χ1v) is 7.98. The van der Waals surface area contributed by atoms with Gasteiger partial charge in [-0.2, -0.15) is 0 Å². The molecule has 2 N–H and O–H groups in total. The third-order valence-electron chi connectivity index (χ3n) is 2.93. The molecular weight excluding hydrogens is 392 g/mol. The predicted octanol–water partition coefficient (Wildman–Crippen LogP) is 4.76. The number of nitrogens with one attached hydrogen (secondary N) is 2. The van der Waals surface area contributed by atoms with Crippen LogP contribution in [-0.4, -0.2) is 9.97 Å². The Morgan fingerprint density at radius 3 is 2.95 bits per heavy atom. The number of aryl methyl sites for hydroxylation is 1. The Hall–Kier alpha value is -0.820. The van der Waals surface area contributed by atoms with Gasteiger partial charge in [-0.3, -0.25) is 0 Å². The zero-order chi connectivity index (χ0) is 14.5. The van der Waals surface area contributed by atoms with Crippen molar-refractivity contribution in [3.63, 3.8) is 0 Å². The summed E-state index contributed by atoms with van der Waals surface area (Å²) in [5.41, 5.74) is 1.74. The molecule has 0 aliphatic rings. The van der Waals surface area contributed by atoms with Crippen molar-refractivity contribution in [3.05, 3.63) is 44.3 Å². The van der Waals surface area contributed by atoms with Crippen molar-refractivity contribution in [3.8, 4) is 0 Å². The van der Waals surface area contributed by atoms with Gasteiger partial charge in [0.25, 0.3) is 0 Å². The van der Waals surface area contributed by atoms with E-state index in [4.69, 9.17) is 11.6 Å². The molecule has 0 spiro atoms.